The lowest BCUT2D eigenvalue weighted by molar-refractivity contribution is -0.148. The molecule has 0 radical (unpaired) electrons. The molecule has 15 nitrogen and oxygen atoms in total. The first kappa shape index (κ1) is 61.2. The van der Waals surface area contributed by atoms with Crippen LogP contribution in [0.15, 0.2) is 85.1 Å². The highest BCUT2D eigenvalue weighted by molar-refractivity contribution is 7.47. The highest BCUT2D eigenvalue weighted by Crippen LogP contribution is 2.45. The fraction of sp³-hybridized carbons (Fsp3) is 0.660. The molecule has 0 fully saturated rings. The van der Waals surface area contributed by atoms with Crippen molar-refractivity contribution in [1.82, 2.24) is 0 Å². The summed E-state index contributed by atoms with van der Waals surface area (Å²) in [5.74, 6) is -1.05. The van der Waals surface area contributed by atoms with Crippen molar-refractivity contribution in [2.24, 2.45) is 0 Å². The summed E-state index contributed by atoms with van der Waals surface area (Å²) < 4.78 is 52.9. The molecule has 0 rings (SSSR count). The van der Waals surface area contributed by atoms with Crippen LogP contribution in [0.5, 0.6) is 0 Å². The monoisotopic (exact) mass is 946 g/mol. The molecule has 0 aliphatic rings. The number of aliphatic hydroxyl groups excluding tert-OH is 3. The molecule has 0 aromatic heterocycles. The minimum atomic E-state index is -4.80. The quantitative estimate of drug-likeness (QED) is 0.0126. The van der Waals surface area contributed by atoms with Gasteiger partial charge in [0.05, 0.1) is 26.4 Å². The van der Waals surface area contributed by atoms with E-state index in [0.29, 0.717) is 12.8 Å². The topological polar surface area (TPSA) is 225 Å². The Kier molecular flexibility index (Phi) is 41.0. The molecule has 64 heavy (non-hydrogen) atoms. The number of allylic oxidation sites excluding steroid dienone is 14. The number of unbranched alkanes of at least 4 members (excludes halogenated alkanes) is 11. The van der Waals surface area contributed by atoms with Crippen molar-refractivity contribution in [1.29, 1.82) is 0 Å². The number of carbonyl (C=O) groups excluding carboxylic acids is 2. The maximum atomic E-state index is 12.1. The molecule has 0 aromatic carbocycles. The Morgan fingerprint density at radius 2 is 0.781 bits per heavy atom. The number of carbonyl (C=O) groups is 2. The van der Waals surface area contributed by atoms with Gasteiger partial charge >= 0.3 is 27.6 Å². The number of hydrogen-bond donors (Lipinski definition) is 5. The second-order valence-corrected chi connectivity index (χ2v) is 18.0. The van der Waals surface area contributed by atoms with Crippen LogP contribution < -0.4 is 0 Å². The molecule has 0 bridgehead atoms. The zero-order valence-electron chi connectivity index (χ0n) is 38.4. The summed E-state index contributed by atoms with van der Waals surface area (Å²) in [6.45, 7) is 0.160. The number of phosphoric ester groups is 2. The fourth-order valence-corrected chi connectivity index (χ4v) is 6.90. The molecular formula is C47H80O15P2. The largest absolute Gasteiger partial charge is 0.472 e. The Hall–Kier alpha value is -2.78. The molecule has 5 N–H and O–H groups in total. The van der Waals surface area contributed by atoms with Crippen molar-refractivity contribution in [3.8, 4) is 0 Å². The van der Waals surface area contributed by atoms with Crippen LogP contribution >= 0.6 is 15.6 Å². The van der Waals surface area contributed by atoms with Crippen molar-refractivity contribution in [2.75, 3.05) is 39.6 Å². The Balaban J connectivity index is 3.97. The van der Waals surface area contributed by atoms with E-state index in [0.717, 1.165) is 83.5 Å². The molecule has 17 heteroatoms. The van der Waals surface area contributed by atoms with Crippen LogP contribution in [0.1, 0.15) is 142 Å². The highest BCUT2D eigenvalue weighted by Gasteiger charge is 2.28. The van der Waals surface area contributed by atoms with E-state index in [4.69, 9.17) is 9.47 Å². The normalized spacial score (nSPS) is 15.9. The summed E-state index contributed by atoms with van der Waals surface area (Å²) in [5.41, 5.74) is 0. The van der Waals surface area contributed by atoms with Crippen LogP contribution in [-0.4, -0.2) is 95.0 Å². The van der Waals surface area contributed by atoms with Gasteiger partial charge in [-0.2, -0.15) is 0 Å². The lowest BCUT2D eigenvalue weighted by atomic mass is 10.1. The molecule has 0 saturated carbocycles. The van der Waals surface area contributed by atoms with E-state index in [2.05, 4.69) is 92.7 Å². The molecule has 5 unspecified atom stereocenters. The lowest BCUT2D eigenvalue weighted by Crippen LogP contribution is -2.25. The van der Waals surface area contributed by atoms with Crippen LogP contribution in [0.3, 0.4) is 0 Å². The fourth-order valence-electron chi connectivity index (χ4n) is 5.31. The Morgan fingerprint density at radius 3 is 1.22 bits per heavy atom. The van der Waals surface area contributed by atoms with E-state index >= 15 is 0 Å². The van der Waals surface area contributed by atoms with Crippen molar-refractivity contribution in [3.05, 3.63) is 85.1 Å². The third kappa shape index (κ3) is 44.4. The van der Waals surface area contributed by atoms with E-state index in [1.54, 1.807) is 0 Å². The third-order valence-corrected chi connectivity index (χ3v) is 10.8. The second-order valence-electron chi connectivity index (χ2n) is 15.1. The Bertz CT molecular complexity index is 1470. The maximum absolute atomic E-state index is 12.1. The first-order valence-corrected chi connectivity index (χ1v) is 26.0. The zero-order valence-corrected chi connectivity index (χ0v) is 40.2. The van der Waals surface area contributed by atoms with Crippen LogP contribution in [0.4, 0.5) is 0 Å². The summed E-state index contributed by atoms with van der Waals surface area (Å²) in [7, 11) is -9.59. The van der Waals surface area contributed by atoms with Gasteiger partial charge in [0.25, 0.3) is 0 Å². The standard InChI is InChI=1S/C47H80O15P2/c1-3-5-7-9-11-13-15-17-18-19-20-21-22-24-26-28-30-32-34-36-47(52)58-38-44(49)40-60-64(55,56)62-42-45(50)41-61-63(53,54)59-39-43(48)37-57-46(51)35-33-31-29-27-25-23-16-14-12-10-8-6-4-2/h6,8,10-14,16-18,20-21,24,26,43-45,48-50H,3-5,7,9,15,19,22-23,25,27-42H2,1-2H3,(H,53,54)(H,55,56)/b8-6+,12-10+,13-11-,16-14-,18-17-,21-20-,26-24-. The first-order valence-electron chi connectivity index (χ1n) is 23.0. The molecule has 0 saturated heterocycles. The summed E-state index contributed by atoms with van der Waals surface area (Å²) in [5, 5.41) is 30.0. The maximum Gasteiger partial charge on any atom is 0.472 e. The number of phosphoric acid groups is 2. The molecular weight excluding hydrogens is 866 g/mol. The van der Waals surface area contributed by atoms with E-state index < -0.39 is 85.5 Å². The van der Waals surface area contributed by atoms with Gasteiger partial charge in [0.2, 0.25) is 0 Å². The average Bonchev–Trinajstić information content (AvgIpc) is 3.27. The Labute approximate surface area is 383 Å². The highest BCUT2D eigenvalue weighted by atomic mass is 31.2. The van der Waals surface area contributed by atoms with Crippen molar-refractivity contribution >= 4 is 27.6 Å². The van der Waals surface area contributed by atoms with Crippen LogP contribution in [-0.2, 0) is 46.3 Å². The van der Waals surface area contributed by atoms with E-state index in [1.165, 1.54) is 19.3 Å². The van der Waals surface area contributed by atoms with Gasteiger partial charge in [-0.1, -0.05) is 137 Å². The van der Waals surface area contributed by atoms with Crippen molar-refractivity contribution in [2.45, 2.75) is 161 Å². The summed E-state index contributed by atoms with van der Waals surface area (Å²) >= 11 is 0. The minimum absolute atomic E-state index is 0.155. The number of hydrogen-bond acceptors (Lipinski definition) is 13. The molecule has 0 aliphatic heterocycles. The van der Waals surface area contributed by atoms with Gasteiger partial charge in [-0.05, 0) is 77.0 Å². The molecule has 0 heterocycles. The van der Waals surface area contributed by atoms with Crippen LogP contribution in [0.25, 0.3) is 0 Å². The van der Waals surface area contributed by atoms with E-state index in [9.17, 15) is 43.8 Å². The van der Waals surface area contributed by atoms with E-state index in [-0.39, 0.29) is 12.8 Å². The van der Waals surface area contributed by atoms with Crippen molar-refractivity contribution in [3.63, 3.8) is 0 Å². The van der Waals surface area contributed by atoms with Crippen LogP contribution in [0, 0.1) is 0 Å². The molecule has 368 valence electrons. The van der Waals surface area contributed by atoms with Gasteiger partial charge in [0.1, 0.15) is 31.5 Å². The predicted molar refractivity (Wildman–Crippen MR) is 251 cm³/mol. The van der Waals surface area contributed by atoms with Crippen LogP contribution in [0.2, 0.25) is 0 Å². The SMILES string of the molecule is CC/C=C/C=C/C=C\CCCCCCCC(=O)OCC(O)COP(=O)(O)OCC(O)COP(=O)(O)OCC(O)COC(=O)CCCCC/C=C\C/C=C\C/C=C\C/C=C\CCCCC. The first-order chi connectivity index (χ1) is 30.8. The summed E-state index contributed by atoms with van der Waals surface area (Å²) in [6, 6.07) is 0. The minimum Gasteiger partial charge on any atom is -0.463 e. The second kappa shape index (κ2) is 42.8. The Morgan fingerprint density at radius 1 is 0.438 bits per heavy atom. The number of ether oxygens (including phenoxy) is 2. The summed E-state index contributed by atoms with van der Waals surface area (Å²) in [4.78, 5) is 43.7. The van der Waals surface area contributed by atoms with Gasteiger partial charge < -0.3 is 34.6 Å². The smallest absolute Gasteiger partial charge is 0.463 e. The van der Waals surface area contributed by atoms with E-state index in [1.807, 2.05) is 24.3 Å². The van der Waals surface area contributed by atoms with Crippen molar-refractivity contribution < 1.29 is 71.4 Å². The number of rotatable bonds is 43. The lowest BCUT2D eigenvalue weighted by Gasteiger charge is -2.19. The predicted octanol–water partition coefficient (Wildman–Crippen LogP) is 10.2. The molecule has 5 atom stereocenters. The molecule has 0 amide bonds. The van der Waals surface area contributed by atoms with Gasteiger partial charge in [-0.3, -0.25) is 27.7 Å². The van der Waals surface area contributed by atoms with Gasteiger partial charge in [0.15, 0.2) is 0 Å². The number of aliphatic hydroxyl groups is 3. The summed E-state index contributed by atoms with van der Waals surface area (Å²) in [6.07, 6.45) is 42.9. The zero-order chi connectivity index (χ0) is 47.4. The third-order valence-electron chi connectivity index (χ3n) is 8.90. The number of esters is 2. The molecule has 0 aromatic rings. The van der Waals surface area contributed by atoms with Gasteiger partial charge in [-0.15, -0.1) is 0 Å². The molecule has 0 aliphatic carbocycles. The van der Waals surface area contributed by atoms with Gasteiger partial charge in [0, 0.05) is 12.8 Å². The molecule has 0 spiro atoms. The van der Waals surface area contributed by atoms with Gasteiger partial charge in [-0.25, -0.2) is 9.13 Å². The average molecular weight is 947 g/mol.